The van der Waals surface area contributed by atoms with Crippen LogP contribution in [0.25, 0.3) is 0 Å². The molecule has 4 heteroatoms. The van der Waals surface area contributed by atoms with Crippen molar-refractivity contribution in [3.8, 4) is 5.75 Å². The number of carbonyl (C=O) groups is 1. The molecule has 0 spiro atoms. The van der Waals surface area contributed by atoms with Crippen LogP contribution in [0.15, 0.2) is 42.5 Å². The highest BCUT2D eigenvalue weighted by Gasteiger charge is 2.18. The molecule has 3 nitrogen and oxygen atoms in total. The van der Waals surface area contributed by atoms with Crippen LogP contribution in [-0.2, 0) is 4.79 Å². The Balaban J connectivity index is 2.00. The summed E-state index contributed by atoms with van der Waals surface area (Å²) in [5, 5.41) is 3.70. The predicted molar refractivity (Wildman–Crippen MR) is 94.0 cm³/mol. The van der Waals surface area contributed by atoms with Gasteiger partial charge in [-0.25, -0.2) is 0 Å². The molecule has 122 valence electrons. The highest BCUT2D eigenvalue weighted by atomic mass is 35.5. The molecule has 1 N–H and O–H groups in total. The minimum atomic E-state index is -0.582. The monoisotopic (exact) mass is 331 g/mol. The Hall–Kier alpha value is -2.00. The van der Waals surface area contributed by atoms with Crippen molar-refractivity contribution in [2.75, 3.05) is 0 Å². The third kappa shape index (κ3) is 4.49. The maximum atomic E-state index is 12.3. The minimum Gasteiger partial charge on any atom is -0.481 e. The van der Waals surface area contributed by atoms with Crippen molar-refractivity contribution in [3.63, 3.8) is 0 Å². The number of nitrogens with one attached hydrogen (secondary N) is 1. The van der Waals surface area contributed by atoms with Crippen LogP contribution in [0, 0.1) is 13.8 Å². The average molecular weight is 332 g/mol. The van der Waals surface area contributed by atoms with Crippen molar-refractivity contribution in [1.29, 1.82) is 0 Å². The van der Waals surface area contributed by atoms with Crippen molar-refractivity contribution in [2.45, 2.75) is 39.8 Å². The fraction of sp³-hybridized carbons (Fsp3) is 0.316. The lowest BCUT2D eigenvalue weighted by atomic mass is 10.1. The molecule has 0 bridgehead atoms. The number of ether oxygens (including phenoxy) is 1. The second kappa shape index (κ2) is 7.51. The van der Waals surface area contributed by atoms with Crippen LogP contribution in [0.4, 0.5) is 0 Å². The fourth-order valence-electron chi connectivity index (χ4n) is 2.39. The van der Waals surface area contributed by atoms with Gasteiger partial charge in [-0.15, -0.1) is 0 Å². The van der Waals surface area contributed by atoms with Gasteiger partial charge in [0.05, 0.1) is 6.04 Å². The summed E-state index contributed by atoms with van der Waals surface area (Å²) in [6.07, 6.45) is -0.582. The molecule has 2 aromatic carbocycles. The Bertz CT molecular complexity index is 662. The molecule has 0 aliphatic carbocycles. The largest absolute Gasteiger partial charge is 0.481 e. The van der Waals surface area contributed by atoms with E-state index in [9.17, 15) is 4.79 Å². The van der Waals surface area contributed by atoms with E-state index in [4.69, 9.17) is 16.3 Å². The molecule has 2 rings (SSSR count). The number of aryl methyl sites for hydroxylation is 2. The summed E-state index contributed by atoms with van der Waals surface area (Å²) in [6.45, 7) is 7.54. The standard InChI is InChI=1S/C19H22ClNO2/c1-12-10-17(11-13(2)18(12)20)23-15(4)19(22)21-14(3)16-8-6-5-7-9-16/h5-11,14-15H,1-4H3,(H,21,22)/t14-,15-/m0/s1. The highest BCUT2D eigenvalue weighted by Crippen LogP contribution is 2.26. The zero-order valence-corrected chi connectivity index (χ0v) is 14.6. The van der Waals surface area contributed by atoms with E-state index in [-0.39, 0.29) is 11.9 Å². The molecule has 0 radical (unpaired) electrons. The van der Waals surface area contributed by atoms with Crippen LogP contribution in [0.1, 0.15) is 36.6 Å². The van der Waals surface area contributed by atoms with E-state index in [1.54, 1.807) is 6.92 Å². The summed E-state index contributed by atoms with van der Waals surface area (Å²) in [4.78, 5) is 12.3. The average Bonchev–Trinajstić information content (AvgIpc) is 2.53. The van der Waals surface area contributed by atoms with Gasteiger partial charge >= 0.3 is 0 Å². The molecular formula is C19H22ClNO2. The van der Waals surface area contributed by atoms with E-state index >= 15 is 0 Å². The molecule has 0 unspecified atom stereocenters. The quantitative estimate of drug-likeness (QED) is 0.869. The van der Waals surface area contributed by atoms with Crippen LogP contribution < -0.4 is 10.1 Å². The van der Waals surface area contributed by atoms with E-state index < -0.39 is 6.10 Å². The fourth-order valence-corrected chi connectivity index (χ4v) is 2.50. The predicted octanol–water partition coefficient (Wildman–Crippen LogP) is 4.60. The van der Waals surface area contributed by atoms with Gasteiger partial charge in [0.25, 0.3) is 5.91 Å². The van der Waals surface area contributed by atoms with Gasteiger partial charge in [-0.3, -0.25) is 4.79 Å². The highest BCUT2D eigenvalue weighted by molar-refractivity contribution is 6.32. The molecule has 2 aromatic rings. The summed E-state index contributed by atoms with van der Waals surface area (Å²) < 4.78 is 5.76. The van der Waals surface area contributed by atoms with Gasteiger partial charge in [0.1, 0.15) is 5.75 Å². The molecule has 23 heavy (non-hydrogen) atoms. The summed E-state index contributed by atoms with van der Waals surface area (Å²) in [5.74, 6) is 0.506. The first kappa shape index (κ1) is 17.4. The SMILES string of the molecule is Cc1cc(O[C@@H](C)C(=O)N[C@@H](C)c2ccccc2)cc(C)c1Cl. The lowest BCUT2D eigenvalue weighted by molar-refractivity contribution is -0.127. The van der Waals surface area contributed by atoms with Gasteiger partial charge in [0, 0.05) is 5.02 Å². The third-order valence-electron chi connectivity index (χ3n) is 3.75. The molecule has 2 atom stereocenters. The molecule has 0 heterocycles. The first-order valence-electron chi connectivity index (χ1n) is 7.67. The zero-order chi connectivity index (χ0) is 17.0. The van der Waals surface area contributed by atoms with E-state index in [0.29, 0.717) is 5.75 Å². The Morgan fingerprint density at radius 3 is 2.22 bits per heavy atom. The Kier molecular flexibility index (Phi) is 5.67. The number of hydrogen-bond donors (Lipinski definition) is 1. The van der Waals surface area contributed by atoms with Crippen molar-refractivity contribution in [2.24, 2.45) is 0 Å². The van der Waals surface area contributed by atoms with Gasteiger partial charge in [0.15, 0.2) is 6.10 Å². The maximum Gasteiger partial charge on any atom is 0.261 e. The van der Waals surface area contributed by atoms with Crippen LogP contribution in [0.3, 0.4) is 0 Å². The van der Waals surface area contributed by atoms with Crippen molar-refractivity contribution in [3.05, 3.63) is 64.2 Å². The third-order valence-corrected chi connectivity index (χ3v) is 4.35. The van der Waals surface area contributed by atoms with Crippen molar-refractivity contribution < 1.29 is 9.53 Å². The molecule has 1 amide bonds. The number of amides is 1. The van der Waals surface area contributed by atoms with Crippen LogP contribution >= 0.6 is 11.6 Å². The molecular weight excluding hydrogens is 310 g/mol. The molecule has 0 fully saturated rings. The topological polar surface area (TPSA) is 38.3 Å². The summed E-state index contributed by atoms with van der Waals surface area (Å²) in [5.41, 5.74) is 2.94. The van der Waals surface area contributed by atoms with Gasteiger partial charge in [-0.1, -0.05) is 41.9 Å². The summed E-state index contributed by atoms with van der Waals surface area (Å²) in [7, 11) is 0. The van der Waals surface area contributed by atoms with Crippen LogP contribution in [0.5, 0.6) is 5.75 Å². The molecule has 0 saturated heterocycles. The van der Waals surface area contributed by atoms with Gasteiger partial charge in [-0.2, -0.15) is 0 Å². The Morgan fingerprint density at radius 1 is 1.09 bits per heavy atom. The number of hydrogen-bond acceptors (Lipinski definition) is 2. The number of benzene rings is 2. The van der Waals surface area contributed by atoms with Gasteiger partial charge in [0.2, 0.25) is 0 Å². The summed E-state index contributed by atoms with van der Waals surface area (Å²) >= 11 is 6.15. The first-order chi connectivity index (χ1) is 10.9. The normalized spacial score (nSPS) is 13.3. The lowest BCUT2D eigenvalue weighted by Crippen LogP contribution is -2.37. The second-order valence-electron chi connectivity index (χ2n) is 5.77. The molecule has 0 saturated carbocycles. The van der Waals surface area contributed by atoms with E-state index in [2.05, 4.69) is 5.32 Å². The zero-order valence-electron chi connectivity index (χ0n) is 13.9. The maximum absolute atomic E-state index is 12.3. The smallest absolute Gasteiger partial charge is 0.261 e. The van der Waals surface area contributed by atoms with E-state index in [0.717, 1.165) is 21.7 Å². The number of carbonyl (C=O) groups excluding carboxylic acids is 1. The van der Waals surface area contributed by atoms with Crippen molar-refractivity contribution in [1.82, 2.24) is 5.32 Å². The number of halogens is 1. The van der Waals surface area contributed by atoms with E-state index in [1.807, 2.05) is 63.2 Å². The molecule has 0 aliphatic heterocycles. The van der Waals surface area contributed by atoms with Gasteiger partial charge < -0.3 is 10.1 Å². The first-order valence-corrected chi connectivity index (χ1v) is 8.05. The van der Waals surface area contributed by atoms with Crippen LogP contribution in [-0.4, -0.2) is 12.0 Å². The Morgan fingerprint density at radius 2 is 1.65 bits per heavy atom. The van der Waals surface area contributed by atoms with E-state index in [1.165, 1.54) is 0 Å². The summed E-state index contributed by atoms with van der Waals surface area (Å²) in [6, 6.07) is 13.5. The van der Waals surface area contributed by atoms with Crippen LogP contribution in [0.2, 0.25) is 5.02 Å². The van der Waals surface area contributed by atoms with Gasteiger partial charge in [-0.05, 0) is 56.5 Å². The minimum absolute atomic E-state index is 0.0663. The molecule has 0 aliphatic rings. The second-order valence-corrected chi connectivity index (χ2v) is 6.15. The Labute approximate surface area is 142 Å². The molecule has 0 aromatic heterocycles. The lowest BCUT2D eigenvalue weighted by Gasteiger charge is -2.19. The number of rotatable bonds is 5. The van der Waals surface area contributed by atoms with Crippen molar-refractivity contribution >= 4 is 17.5 Å².